The minimum absolute atomic E-state index is 0.222. The second-order valence-corrected chi connectivity index (χ2v) is 4.49. The van der Waals surface area contributed by atoms with Gasteiger partial charge in [-0.05, 0) is 35.9 Å². The summed E-state index contributed by atoms with van der Waals surface area (Å²) in [5.74, 6) is -1.39. The molecule has 0 unspecified atom stereocenters. The molecular weight excluding hydrogens is 318 g/mol. The third kappa shape index (κ3) is 4.50. The van der Waals surface area contributed by atoms with Crippen LogP contribution in [0.5, 0.6) is 5.75 Å². The standard InChI is InChI=1S/C15H13N3O6/c1-2-14(19)23-11-5-3-10(4-6-11)9-16-17-15(20)12-7-8-13(24-12)18(21)22/h3-9H,2H2,1H3,(H,17,20)/b16-9+. The fourth-order valence-corrected chi connectivity index (χ4v) is 1.59. The van der Waals surface area contributed by atoms with Gasteiger partial charge in [0, 0.05) is 6.42 Å². The molecule has 1 heterocycles. The van der Waals surface area contributed by atoms with Crippen molar-refractivity contribution in [2.24, 2.45) is 5.10 Å². The molecule has 24 heavy (non-hydrogen) atoms. The van der Waals surface area contributed by atoms with Crippen LogP contribution in [0.2, 0.25) is 0 Å². The number of esters is 1. The Kier molecular flexibility index (Phi) is 5.40. The zero-order valence-electron chi connectivity index (χ0n) is 12.6. The lowest BCUT2D eigenvalue weighted by Gasteiger charge is -2.02. The molecule has 0 aliphatic rings. The Morgan fingerprint density at radius 3 is 2.58 bits per heavy atom. The number of hydrogen-bond donors (Lipinski definition) is 1. The SMILES string of the molecule is CCC(=O)Oc1ccc(/C=N/NC(=O)c2ccc([N+](=O)[O-])o2)cc1. The van der Waals surface area contributed by atoms with Crippen molar-refractivity contribution in [3.8, 4) is 5.75 Å². The van der Waals surface area contributed by atoms with E-state index in [-0.39, 0.29) is 18.2 Å². The summed E-state index contributed by atoms with van der Waals surface area (Å²) in [5, 5.41) is 14.2. The molecule has 0 aliphatic heterocycles. The molecule has 0 bridgehead atoms. The van der Waals surface area contributed by atoms with Gasteiger partial charge >= 0.3 is 17.8 Å². The molecule has 0 fully saturated rings. The minimum Gasteiger partial charge on any atom is -0.427 e. The lowest BCUT2D eigenvalue weighted by atomic mass is 10.2. The van der Waals surface area contributed by atoms with Gasteiger partial charge in [-0.3, -0.25) is 19.7 Å². The van der Waals surface area contributed by atoms with Crippen LogP contribution in [0.25, 0.3) is 0 Å². The van der Waals surface area contributed by atoms with Gasteiger partial charge in [0.05, 0.1) is 12.3 Å². The first kappa shape index (κ1) is 16.9. The molecular formula is C15H13N3O6. The molecule has 0 spiro atoms. The van der Waals surface area contributed by atoms with Gasteiger partial charge in [-0.2, -0.15) is 5.10 Å². The molecule has 0 aliphatic carbocycles. The smallest absolute Gasteiger partial charge is 0.427 e. The molecule has 1 aromatic carbocycles. The topological polar surface area (TPSA) is 124 Å². The van der Waals surface area contributed by atoms with Crippen molar-refractivity contribution in [1.82, 2.24) is 5.43 Å². The first-order valence-corrected chi connectivity index (χ1v) is 6.88. The number of ether oxygens (including phenoxy) is 1. The minimum atomic E-state index is -0.743. The number of nitrogens with one attached hydrogen (secondary N) is 1. The van der Waals surface area contributed by atoms with Crippen molar-refractivity contribution < 1.29 is 23.7 Å². The molecule has 1 N–H and O–H groups in total. The van der Waals surface area contributed by atoms with E-state index in [9.17, 15) is 19.7 Å². The van der Waals surface area contributed by atoms with Gasteiger partial charge in [-0.1, -0.05) is 6.92 Å². The lowest BCUT2D eigenvalue weighted by Crippen LogP contribution is -2.16. The van der Waals surface area contributed by atoms with Gasteiger partial charge < -0.3 is 9.15 Å². The summed E-state index contributed by atoms with van der Waals surface area (Å²) in [5.41, 5.74) is 2.83. The fourth-order valence-electron chi connectivity index (χ4n) is 1.59. The predicted octanol–water partition coefficient (Wildman–Crippen LogP) is 2.27. The summed E-state index contributed by atoms with van der Waals surface area (Å²) in [6, 6.07) is 8.73. The average Bonchev–Trinajstić information content (AvgIpc) is 3.06. The average molecular weight is 331 g/mol. The summed E-state index contributed by atoms with van der Waals surface area (Å²) in [4.78, 5) is 32.6. The molecule has 0 radical (unpaired) electrons. The number of hydrogen-bond acceptors (Lipinski definition) is 7. The summed E-state index contributed by atoms with van der Waals surface area (Å²) >= 11 is 0. The van der Waals surface area contributed by atoms with Crippen LogP contribution in [0.4, 0.5) is 5.88 Å². The maximum Gasteiger partial charge on any atom is 0.433 e. The molecule has 9 heteroatoms. The van der Waals surface area contributed by atoms with E-state index in [1.165, 1.54) is 12.3 Å². The molecule has 0 saturated heterocycles. The van der Waals surface area contributed by atoms with Crippen molar-refractivity contribution in [1.29, 1.82) is 0 Å². The number of furan rings is 1. The highest BCUT2D eigenvalue weighted by Gasteiger charge is 2.16. The number of carbonyl (C=O) groups is 2. The zero-order valence-corrected chi connectivity index (χ0v) is 12.6. The van der Waals surface area contributed by atoms with Crippen LogP contribution in [0.15, 0.2) is 45.9 Å². The Hall–Kier alpha value is -3.49. The van der Waals surface area contributed by atoms with E-state index < -0.39 is 16.7 Å². The van der Waals surface area contributed by atoms with Gasteiger partial charge in [-0.15, -0.1) is 0 Å². The Bertz CT molecular complexity index is 779. The summed E-state index contributed by atoms with van der Waals surface area (Å²) in [6.07, 6.45) is 1.64. The Morgan fingerprint density at radius 2 is 2.00 bits per heavy atom. The molecule has 0 atom stereocenters. The molecule has 1 amide bonds. The Morgan fingerprint density at radius 1 is 1.29 bits per heavy atom. The Labute approximate surface area is 136 Å². The Balaban J connectivity index is 1.92. The maximum atomic E-state index is 11.7. The fraction of sp³-hybridized carbons (Fsp3) is 0.133. The third-order valence-corrected chi connectivity index (χ3v) is 2.78. The van der Waals surface area contributed by atoms with Gasteiger partial charge in [0.25, 0.3) is 0 Å². The number of hydrazone groups is 1. The van der Waals surface area contributed by atoms with Crippen LogP contribution >= 0.6 is 0 Å². The van der Waals surface area contributed by atoms with E-state index in [1.807, 2.05) is 0 Å². The van der Waals surface area contributed by atoms with Crippen LogP contribution in [0.3, 0.4) is 0 Å². The largest absolute Gasteiger partial charge is 0.433 e. The molecule has 9 nitrogen and oxygen atoms in total. The third-order valence-electron chi connectivity index (χ3n) is 2.78. The number of nitro groups is 1. The van der Waals surface area contributed by atoms with Gasteiger partial charge in [0.2, 0.25) is 5.76 Å². The van der Waals surface area contributed by atoms with E-state index >= 15 is 0 Å². The summed E-state index contributed by atoms with van der Waals surface area (Å²) < 4.78 is 9.76. The quantitative estimate of drug-likeness (QED) is 0.285. The van der Waals surface area contributed by atoms with Crippen LogP contribution in [-0.2, 0) is 4.79 Å². The van der Waals surface area contributed by atoms with Crippen LogP contribution in [-0.4, -0.2) is 23.0 Å². The molecule has 2 rings (SSSR count). The molecule has 0 saturated carbocycles. The van der Waals surface area contributed by atoms with E-state index in [4.69, 9.17) is 9.15 Å². The number of benzene rings is 1. The molecule has 2 aromatic rings. The highest BCUT2D eigenvalue weighted by molar-refractivity contribution is 5.92. The van der Waals surface area contributed by atoms with E-state index in [1.54, 1.807) is 31.2 Å². The zero-order chi connectivity index (χ0) is 17.5. The second-order valence-electron chi connectivity index (χ2n) is 4.49. The normalized spacial score (nSPS) is 10.5. The number of rotatable bonds is 6. The predicted molar refractivity (Wildman–Crippen MR) is 82.8 cm³/mol. The van der Waals surface area contributed by atoms with Crippen LogP contribution < -0.4 is 10.2 Å². The highest BCUT2D eigenvalue weighted by Crippen LogP contribution is 2.15. The van der Waals surface area contributed by atoms with Crippen molar-refractivity contribution in [2.45, 2.75) is 13.3 Å². The summed E-state index contributed by atoms with van der Waals surface area (Å²) in [6.45, 7) is 1.69. The number of nitrogens with zero attached hydrogens (tertiary/aromatic N) is 2. The highest BCUT2D eigenvalue weighted by atomic mass is 16.6. The molecule has 124 valence electrons. The maximum absolute atomic E-state index is 11.7. The van der Waals surface area contributed by atoms with Crippen molar-refractivity contribution in [2.75, 3.05) is 0 Å². The lowest BCUT2D eigenvalue weighted by molar-refractivity contribution is -0.402. The van der Waals surface area contributed by atoms with E-state index in [0.29, 0.717) is 11.3 Å². The van der Waals surface area contributed by atoms with Crippen LogP contribution in [0, 0.1) is 10.1 Å². The van der Waals surface area contributed by atoms with Gasteiger partial charge in [0.1, 0.15) is 10.7 Å². The number of amides is 1. The van der Waals surface area contributed by atoms with Gasteiger partial charge in [-0.25, -0.2) is 5.43 Å². The first-order chi connectivity index (χ1) is 11.5. The first-order valence-electron chi connectivity index (χ1n) is 6.88. The van der Waals surface area contributed by atoms with Crippen LogP contribution in [0.1, 0.15) is 29.5 Å². The van der Waals surface area contributed by atoms with Crippen molar-refractivity contribution in [3.63, 3.8) is 0 Å². The van der Waals surface area contributed by atoms with E-state index in [0.717, 1.165) is 6.07 Å². The molecule has 1 aromatic heterocycles. The van der Waals surface area contributed by atoms with Gasteiger partial charge in [0.15, 0.2) is 0 Å². The number of carbonyl (C=O) groups excluding carboxylic acids is 2. The summed E-state index contributed by atoms with van der Waals surface area (Å²) in [7, 11) is 0. The van der Waals surface area contributed by atoms with Crippen molar-refractivity contribution in [3.05, 3.63) is 57.8 Å². The van der Waals surface area contributed by atoms with Crippen molar-refractivity contribution >= 4 is 24.0 Å². The second kappa shape index (κ2) is 7.68. The van der Waals surface area contributed by atoms with E-state index in [2.05, 4.69) is 10.5 Å². The monoisotopic (exact) mass is 331 g/mol.